The Hall–Kier alpha value is -1.29. The molecule has 22 heavy (non-hydrogen) atoms. The van der Waals surface area contributed by atoms with Crippen LogP contribution in [0.4, 0.5) is 8.78 Å². The van der Waals surface area contributed by atoms with Crippen LogP contribution in [0.5, 0.6) is 0 Å². The van der Waals surface area contributed by atoms with Crippen LogP contribution in [0.1, 0.15) is 31.2 Å². The van der Waals surface area contributed by atoms with Crippen LogP contribution in [-0.2, 0) is 5.41 Å². The minimum atomic E-state index is -2.62. The van der Waals surface area contributed by atoms with Gasteiger partial charge in [-0.05, 0) is 11.6 Å². The highest BCUT2D eigenvalue weighted by molar-refractivity contribution is 6.30. The van der Waals surface area contributed by atoms with E-state index in [1.54, 1.807) is 12.3 Å². The number of fused-ring (bicyclic) bond motifs is 2. The SMILES string of the molecule is N#CC1(c2cncc(Cl)c2)CC2CCC(C1)[N+]2([O-])CC(F)F. The van der Waals surface area contributed by atoms with Gasteiger partial charge in [-0.15, -0.1) is 0 Å². The number of quaternary nitrogens is 1. The molecule has 4 nitrogen and oxygen atoms in total. The lowest BCUT2D eigenvalue weighted by atomic mass is 9.71. The molecule has 2 bridgehead atoms. The average Bonchev–Trinajstić information content (AvgIpc) is 2.65. The van der Waals surface area contributed by atoms with Crippen molar-refractivity contribution in [1.29, 1.82) is 5.26 Å². The van der Waals surface area contributed by atoms with Crippen molar-refractivity contribution < 1.29 is 13.4 Å². The number of aromatic nitrogens is 1. The number of pyridine rings is 1. The van der Waals surface area contributed by atoms with Crippen LogP contribution in [0, 0.1) is 16.5 Å². The molecule has 3 heterocycles. The largest absolute Gasteiger partial charge is 0.632 e. The molecule has 0 spiro atoms. The number of halogens is 3. The van der Waals surface area contributed by atoms with Crippen LogP contribution in [0.25, 0.3) is 0 Å². The summed E-state index contributed by atoms with van der Waals surface area (Å²) in [5, 5.41) is 23.0. The average molecular weight is 328 g/mol. The van der Waals surface area contributed by atoms with Gasteiger partial charge < -0.3 is 9.85 Å². The van der Waals surface area contributed by atoms with Crippen LogP contribution < -0.4 is 0 Å². The van der Waals surface area contributed by atoms with E-state index in [1.165, 1.54) is 6.20 Å². The summed E-state index contributed by atoms with van der Waals surface area (Å²) in [5.74, 6) is 0. The smallest absolute Gasteiger partial charge is 0.286 e. The van der Waals surface area contributed by atoms with Gasteiger partial charge in [0, 0.05) is 38.1 Å². The third-order valence-corrected chi connectivity index (χ3v) is 5.34. The van der Waals surface area contributed by atoms with Crippen molar-refractivity contribution in [2.24, 2.45) is 0 Å². The van der Waals surface area contributed by atoms with E-state index in [9.17, 15) is 19.2 Å². The molecule has 0 saturated carbocycles. The molecule has 0 radical (unpaired) electrons. The van der Waals surface area contributed by atoms with Gasteiger partial charge in [-0.3, -0.25) is 4.98 Å². The second-order valence-electron chi connectivity index (χ2n) is 6.31. The molecule has 0 N–H and O–H groups in total. The first kappa shape index (κ1) is 15.6. The van der Waals surface area contributed by atoms with Crippen LogP contribution in [0.15, 0.2) is 18.5 Å². The number of rotatable bonds is 3. The van der Waals surface area contributed by atoms with Crippen molar-refractivity contribution in [3.05, 3.63) is 34.3 Å². The normalized spacial score (nSPS) is 37.3. The fourth-order valence-electron chi connectivity index (χ4n) is 4.10. The highest BCUT2D eigenvalue weighted by atomic mass is 35.5. The predicted molar refractivity (Wildman–Crippen MR) is 77.1 cm³/mol. The standard InChI is InChI=1S/C15H16ClF2N3O/c16-11-3-10(6-20-7-11)15(9-19)4-12-1-2-13(5-15)21(12,22)8-14(17)18/h3,6-7,12-14H,1-2,4-5,8H2. The van der Waals surface area contributed by atoms with Crippen molar-refractivity contribution in [3.8, 4) is 6.07 Å². The lowest BCUT2D eigenvalue weighted by Crippen LogP contribution is -2.61. The Balaban J connectivity index is 1.95. The van der Waals surface area contributed by atoms with Crippen molar-refractivity contribution in [3.63, 3.8) is 0 Å². The van der Waals surface area contributed by atoms with E-state index in [4.69, 9.17) is 11.6 Å². The molecule has 0 aliphatic carbocycles. The molecule has 118 valence electrons. The maximum Gasteiger partial charge on any atom is 0.286 e. The second kappa shape index (κ2) is 5.41. The number of hydrogen-bond acceptors (Lipinski definition) is 3. The Kier molecular flexibility index (Phi) is 3.84. The lowest BCUT2D eigenvalue weighted by molar-refractivity contribution is -0.925. The molecule has 0 aromatic carbocycles. The fraction of sp³-hybridized carbons (Fsp3) is 0.600. The summed E-state index contributed by atoms with van der Waals surface area (Å²) in [6, 6.07) is 3.10. The number of nitriles is 1. The van der Waals surface area contributed by atoms with Crippen LogP contribution >= 0.6 is 11.6 Å². The first-order valence-corrected chi connectivity index (χ1v) is 7.66. The Bertz CT molecular complexity index is 605. The summed E-state index contributed by atoms with van der Waals surface area (Å²) in [6.07, 6.45) is 2.22. The summed E-state index contributed by atoms with van der Waals surface area (Å²) in [6.45, 7) is -0.676. The predicted octanol–water partition coefficient (Wildman–Crippen LogP) is 3.40. The maximum absolute atomic E-state index is 12.9. The minimum absolute atomic E-state index is 0.290. The Morgan fingerprint density at radius 3 is 2.55 bits per heavy atom. The van der Waals surface area contributed by atoms with E-state index in [2.05, 4.69) is 11.1 Å². The van der Waals surface area contributed by atoms with E-state index < -0.39 is 35.1 Å². The third-order valence-electron chi connectivity index (χ3n) is 5.13. The van der Waals surface area contributed by atoms with Gasteiger partial charge >= 0.3 is 0 Å². The Labute approximate surface area is 132 Å². The van der Waals surface area contributed by atoms with Gasteiger partial charge in [-0.2, -0.15) is 5.26 Å². The lowest BCUT2D eigenvalue weighted by Gasteiger charge is -2.55. The third kappa shape index (κ3) is 2.37. The Morgan fingerprint density at radius 1 is 1.41 bits per heavy atom. The van der Waals surface area contributed by atoms with E-state index in [0.29, 0.717) is 23.4 Å². The van der Waals surface area contributed by atoms with Crippen molar-refractivity contribution in [2.45, 2.75) is 49.6 Å². The molecule has 0 amide bonds. The van der Waals surface area contributed by atoms with Gasteiger partial charge in [0.05, 0.1) is 28.6 Å². The minimum Gasteiger partial charge on any atom is -0.632 e. The zero-order valence-corrected chi connectivity index (χ0v) is 12.6. The van der Waals surface area contributed by atoms with E-state index in [0.717, 1.165) is 0 Å². The van der Waals surface area contributed by atoms with Crippen molar-refractivity contribution in [2.75, 3.05) is 6.54 Å². The van der Waals surface area contributed by atoms with Crippen LogP contribution in [-0.4, -0.2) is 34.7 Å². The molecule has 2 unspecified atom stereocenters. The summed E-state index contributed by atoms with van der Waals surface area (Å²) in [4.78, 5) is 4.02. The quantitative estimate of drug-likeness (QED) is 0.631. The zero-order chi connectivity index (χ0) is 16.0. The summed E-state index contributed by atoms with van der Waals surface area (Å²) >= 11 is 5.96. The molecular weight excluding hydrogens is 312 g/mol. The van der Waals surface area contributed by atoms with Crippen LogP contribution in [0.2, 0.25) is 5.02 Å². The van der Waals surface area contributed by atoms with E-state index >= 15 is 0 Å². The van der Waals surface area contributed by atoms with Gasteiger partial charge in [0.15, 0.2) is 0 Å². The highest BCUT2D eigenvalue weighted by Crippen LogP contribution is 2.51. The molecule has 3 rings (SSSR count). The molecular formula is C15H16ClF2N3O. The maximum atomic E-state index is 12.9. The molecule has 2 fully saturated rings. The van der Waals surface area contributed by atoms with E-state index in [-0.39, 0.29) is 12.8 Å². The first-order chi connectivity index (χ1) is 10.4. The second-order valence-corrected chi connectivity index (χ2v) is 6.74. The van der Waals surface area contributed by atoms with Crippen LogP contribution in [0.3, 0.4) is 0 Å². The van der Waals surface area contributed by atoms with Crippen molar-refractivity contribution in [1.82, 2.24) is 4.98 Å². The monoisotopic (exact) mass is 327 g/mol. The number of nitrogens with zero attached hydrogens (tertiary/aromatic N) is 3. The molecule has 2 aliphatic rings. The van der Waals surface area contributed by atoms with Gasteiger partial charge in [-0.1, -0.05) is 11.6 Å². The molecule has 7 heteroatoms. The topological polar surface area (TPSA) is 59.7 Å². The molecule has 2 atom stereocenters. The number of hydroxylamine groups is 3. The number of piperidine rings is 1. The van der Waals surface area contributed by atoms with Gasteiger partial charge in [0.2, 0.25) is 0 Å². The zero-order valence-electron chi connectivity index (χ0n) is 11.9. The molecule has 1 aromatic rings. The highest BCUT2D eigenvalue weighted by Gasteiger charge is 2.56. The summed E-state index contributed by atoms with van der Waals surface area (Å²) < 4.78 is 24.7. The molecule has 2 saturated heterocycles. The van der Waals surface area contributed by atoms with Gasteiger partial charge in [0.1, 0.15) is 6.54 Å². The Morgan fingerprint density at radius 2 is 2.05 bits per heavy atom. The summed E-state index contributed by atoms with van der Waals surface area (Å²) in [5.41, 5.74) is -0.166. The summed E-state index contributed by atoms with van der Waals surface area (Å²) in [7, 11) is 0. The first-order valence-electron chi connectivity index (χ1n) is 7.28. The van der Waals surface area contributed by atoms with E-state index in [1.807, 2.05) is 0 Å². The van der Waals surface area contributed by atoms with Crippen molar-refractivity contribution >= 4 is 11.6 Å². The number of hydrogen-bond donors (Lipinski definition) is 0. The van der Waals surface area contributed by atoms with Gasteiger partial charge in [0.25, 0.3) is 6.43 Å². The fourth-order valence-corrected chi connectivity index (χ4v) is 4.27. The molecule has 1 aromatic heterocycles. The molecule has 2 aliphatic heterocycles. The number of alkyl halides is 2. The van der Waals surface area contributed by atoms with Gasteiger partial charge in [-0.25, -0.2) is 8.78 Å².